The Labute approximate surface area is 316 Å². The van der Waals surface area contributed by atoms with Gasteiger partial charge in [0.2, 0.25) is 5.91 Å². The topological polar surface area (TPSA) is 121 Å². The lowest BCUT2D eigenvalue weighted by Crippen LogP contribution is -2.53. The number of amides is 2. The third-order valence-electron chi connectivity index (χ3n) is 11.6. The van der Waals surface area contributed by atoms with Crippen LogP contribution in [0.2, 0.25) is 0 Å². The molecule has 2 saturated heterocycles. The number of hydrogen-bond acceptors (Lipinski definition) is 5. The van der Waals surface area contributed by atoms with Crippen LogP contribution in [0.25, 0.3) is 33.6 Å². The molecule has 2 aromatic heterocycles. The number of nitrogens with zero attached hydrogens (tertiary/aromatic N) is 5. The van der Waals surface area contributed by atoms with Crippen molar-refractivity contribution in [2.24, 2.45) is 5.41 Å². The fraction of sp³-hybridized carbons (Fsp3) is 0.395. The van der Waals surface area contributed by atoms with Crippen molar-refractivity contribution in [3.8, 4) is 33.6 Å². The van der Waals surface area contributed by atoms with Gasteiger partial charge in [-0.1, -0.05) is 95.3 Å². The molecule has 4 heterocycles. The summed E-state index contributed by atoms with van der Waals surface area (Å²) >= 11 is 0. The molecule has 7 rings (SSSR count). The number of halogens is 1. The highest BCUT2D eigenvalue weighted by molar-refractivity contribution is 5.84. The molecule has 2 fully saturated rings. The van der Waals surface area contributed by atoms with Crippen LogP contribution in [0.4, 0.5) is 9.18 Å². The Morgan fingerprint density at radius 2 is 1.59 bits per heavy atom. The maximum Gasteiger partial charge on any atom is 0.408 e. The molecule has 3 atom stereocenters. The first-order valence-electron chi connectivity index (χ1n) is 19.1. The quantitative estimate of drug-likeness (QED) is 0.132. The summed E-state index contributed by atoms with van der Waals surface area (Å²) in [6.45, 7) is 12.9. The molecule has 0 saturated carbocycles. The summed E-state index contributed by atoms with van der Waals surface area (Å²) in [6, 6.07) is 22.6. The van der Waals surface area contributed by atoms with Crippen LogP contribution >= 0.6 is 0 Å². The number of carboxylic acid groups (broad SMARTS) is 1. The summed E-state index contributed by atoms with van der Waals surface area (Å²) in [7, 11) is 0. The summed E-state index contributed by atoms with van der Waals surface area (Å²) in [6.07, 6.45) is 5.57. The lowest BCUT2D eigenvalue weighted by atomic mass is 9.71. The minimum atomic E-state index is -0.981. The smallest absolute Gasteiger partial charge is 0.408 e. The first-order chi connectivity index (χ1) is 26.0. The van der Waals surface area contributed by atoms with Gasteiger partial charge >= 0.3 is 6.09 Å². The molecule has 2 aliphatic rings. The average molecular weight is 732 g/mol. The van der Waals surface area contributed by atoms with Crippen molar-refractivity contribution in [3.05, 3.63) is 108 Å². The van der Waals surface area contributed by atoms with Gasteiger partial charge in [0, 0.05) is 18.7 Å². The van der Waals surface area contributed by atoms with E-state index in [2.05, 4.69) is 33.7 Å². The summed E-state index contributed by atoms with van der Waals surface area (Å²) < 4.78 is 15.8. The molecule has 2 aliphatic heterocycles. The number of benzene rings is 3. The van der Waals surface area contributed by atoms with Gasteiger partial charge in [-0.25, -0.2) is 19.2 Å². The molecule has 3 N–H and O–H groups in total. The van der Waals surface area contributed by atoms with Gasteiger partial charge in [0.1, 0.15) is 29.0 Å². The van der Waals surface area contributed by atoms with E-state index < -0.39 is 22.9 Å². The van der Waals surface area contributed by atoms with Gasteiger partial charge in [-0.3, -0.25) is 14.6 Å². The van der Waals surface area contributed by atoms with E-state index in [1.165, 1.54) is 11.0 Å². The van der Waals surface area contributed by atoms with Crippen molar-refractivity contribution in [1.29, 1.82) is 0 Å². The summed E-state index contributed by atoms with van der Waals surface area (Å²) in [4.78, 5) is 48.3. The average Bonchev–Trinajstić information content (AvgIpc) is 4.00. The van der Waals surface area contributed by atoms with Crippen molar-refractivity contribution in [1.82, 2.24) is 34.6 Å². The van der Waals surface area contributed by atoms with Crippen molar-refractivity contribution in [2.45, 2.75) is 77.9 Å². The van der Waals surface area contributed by atoms with Gasteiger partial charge in [-0.05, 0) is 78.6 Å². The zero-order valence-electron chi connectivity index (χ0n) is 31.8. The van der Waals surface area contributed by atoms with Crippen LogP contribution < -0.4 is 0 Å². The summed E-state index contributed by atoms with van der Waals surface area (Å²) in [5.74, 6) is 1.02. The lowest BCUT2D eigenvalue weighted by Gasteiger charge is -2.45. The number of carbonyl (C=O) groups excluding carboxylic acids is 1. The molecule has 11 heteroatoms. The third kappa shape index (κ3) is 6.59. The molecule has 0 radical (unpaired) electrons. The van der Waals surface area contributed by atoms with Crippen LogP contribution in [0.1, 0.15) is 89.6 Å². The molecule has 0 aliphatic carbocycles. The zero-order valence-corrected chi connectivity index (χ0v) is 31.8. The van der Waals surface area contributed by atoms with E-state index in [1.54, 1.807) is 12.3 Å². The molecule has 0 spiro atoms. The number of nitrogens with one attached hydrogen (secondary N) is 2. The zero-order chi connectivity index (χ0) is 38.2. The fourth-order valence-corrected chi connectivity index (χ4v) is 8.74. The van der Waals surface area contributed by atoms with E-state index in [4.69, 9.17) is 4.98 Å². The predicted octanol–water partition coefficient (Wildman–Crippen LogP) is 9.03. The maximum atomic E-state index is 15.8. The first-order valence-corrected chi connectivity index (χ1v) is 19.1. The van der Waals surface area contributed by atoms with Gasteiger partial charge in [0.05, 0.1) is 29.8 Å². The second kappa shape index (κ2) is 14.9. The van der Waals surface area contributed by atoms with Gasteiger partial charge in [0.15, 0.2) is 0 Å². The molecule has 0 unspecified atom stereocenters. The Bertz CT molecular complexity index is 2100. The van der Waals surface area contributed by atoms with E-state index in [-0.39, 0.29) is 18.0 Å². The van der Waals surface area contributed by atoms with E-state index >= 15 is 4.39 Å². The number of aromatic amines is 2. The molecule has 3 aromatic carbocycles. The van der Waals surface area contributed by atoms with Crippen LogP contribution in [-0.2, 0) is 10.3 Å². The summed E-state index contributed by atoms with van der Waals surface area (Å²) in [5.41, 5.74) is 3.99. The highest BCUT2D eigenvalue weighted by atomic mass is 19.1. The Morgan fingerprint density at radius 3 is 2.26 bits per heavy atom. The normalized spacial score (nSPS) is 19.5. The maximum absolute atomic E-state index is 15.8. The summed E-state index contributed by atoms with van der Waals surface area (Å²) in [5, 5.41) is 10.0. The van der Waals surface area contributed by atoms with Gasteiger partial charge < -0.3 is 20.0 Å². The third-order valence-corrected chi connectivity index (χ3v) is 11.6. The van der Waals surface area contributed by atoms with E-state index in [1.807, 2.05) is 92.5 Å². The van der Waals surface area contributed by atoms with E-state index in [0.717, 1.165) is 66.1 Å². The van der Waals surface area contributed by atoms with Gasteiger partial charge in [-0.2, -0.15) is 0 Å². The van der Waals surface area contributed by atoms with Crippen LogP contribution in [0.15, 0.2) is 85.2 Å². The second-order valence-corrected chi connectivity index (χ2v) is 15.5. The Balaban J connectivity index is 1.08. The predicted molar refractivity (Wildman–Crippen MR) is 208 cm³/mol. The highest BCUT2D eigenvalue weighted by Gasteiger charge is 2.55. The molecule has 10 nitrogen and oxygen atoms in total. The largest absolute Gasteiger partial charge is 0.465 e. The number of aromatic nitrogens is 4. The Kier molecular flexibility index (Phi) is 10.2. The molecular formula is C43H50FN7O3. The molecule has 0 bridgehead atoms. The Morgan fingerprint density at radius 1 is 0.907 bits per heavy atom. The van der Waals surface area contributed by atoms with Crippen molar-refractivity contribution in [3.63, 3.8) is 0 Å². The highest BCUT2D eigenvalue weighted by Crippen LogP contribution is 2.50. The molecule has 54 heavy (non-hydrogen) atoms. The molecule has 5 aromatic rings. The Hall–Kier alpha value is -5.29. The van der Waals surface area contributed by atoms with Crippen LogP contribution in [-0.4, -0.2) is 77.9 Å². The van der Waals surface area contributed by atoms with Crippen molar-refractivity contribution >= 4 is 12.0 Å². The van der Waals surface area contributed by atoms with E-state index in [0.29, 0.717) is 36.6 Å². The van der Waals surface area contributed by atoms with Crippen LogP contribution in [0.3, 0.4) is 0 Å². The number of H-pyrrole nitrogens is 2. The van der Waals surface area contributed by atoms with Crippen LogP contribution in [0.5, 0.6) is 0 Å². The minimum Gasteiger partial charge on any atom is -0.465 e. The number of hydrogen-bond donors (Lipinski definition) is 3. The van der Waals surface area contributed by atoms with Crippen molar-refractivity contribution in [2.75, 3.05) is 26.2 Å². The number of carbonyl (C=O) groups is 2. The monoisotopic (exact) mass is 731 g/mol. The number of imidazole rings is 2. The number of rotatable bonds is 10. The fourth-order valence-electron chi connectivity index (χ4n) is 8.74. The lowest BCUT2D eigenvalue weighted by molar-refractivity contribution is -0.138. The number of likely N-dealkylation sites (N-methyl/N-ethyl adjacent to an activating group) is 1. The van der Waals surface area contributed by atoms with E-state index in [9.17, 15) is 14.7 Å². The molecular weight excluding hydrogens is 682 g/mol. The standard InChI is InChI=1S/C43H50FN7O3/c1-6-49(7-2)37(30-13-9-8-10-14-30)39(52)50-23-11-15-36(50)38-45-26-34(47-38)29-18-16-28(17-19-29)31-20-21-32(33(44)25-31)35-27-46-40(48-35)43(42(3,4)5)22-12-24-51(43)41(53)54/h8-10,13-14,16-21,25-27,36-37H,6-7,11-12,15,22-24H2,1-5H3,(H,45,47)(H,46,48)(H,53,54)/t36-,37+,43+/m0/s1. The molecule has 282 valence electrons. The number of likely N-dealkylation sites (tertiary alicyclic amines) is 2. The first kappa shape index (κ1) is 37.0. The molecule has 2 amide bonds. The second-order valence-electron chi connectivity index (χ2n) is 15.5. The minimum absolute atomic E-state index is 0.105. The van der Waals surface area contributed by atoms with Crippen LogP contribution in [0, 0.1) is 11.2 Å². The van der Waals surface area contributed by atoms with Gasteiger partial charge in [0.25, 0.3) is 0 Å². The van der Waals surface area contributed by atoms with Crippen molar-refractivity contribution < 1.29 is 19.1 Å². The van der Waals surface area contributed by atoms with Gasteiger partial charge in [-0.15, -0.1) is 0 Å². The SMILES string of the molecule is CCN(CC)[C@@H](C(=O)N1CCC[C@H]1c1ncc(-c2ccc(-c3ccc(-c4cnc([C@@]5(C(C)(C)C)CCCN5C(=O)O)[nH]4)c(F)c3)cc2)[nH]1)c1ccccc1.